The molecular weight excluding hydrogens is 174 g/mol. The molecule has 0 aliphatic heterocycles. The highest BCUT2D eigenvalue weighted by Crippen LogP contribution is 2.25. The maximum absolute atomic E-state index is 5.86. The van der Waals surface area contributed by atoms with Crippen molar-refractivity contribution in [3.8, 4) is 0 Å². The predicted octanol–water partition coefficient (Wildman–Crippen LogP) is 2.09. The Bertz CT molecular complexity index is 273. The van der Waals surface area contributed by atoms with Crippen molar-refractivity contribution in [2.75, 3.05) is 5.32 Å². The molecule has 1 heterocycles. The Balaban J connectivity index is 2.06. The molecule has 1 aliphatic carbocycles. The molecular formula is C8H10ClN3. The molecule has 0 saturated heterocycles. The largest absolute Gasteiger partial charge is 0.366 e. The zero-order chi connectivity index (χ0) is 8.39. The first-order valence-corrected chi connectivity index (χ1v) is 4.46. The lowest BCUT2D eigenvalue weighted by Gasteiger charge is -2.26. The lowest BCUT2D eigenvalue weighted by Crippen LogP contribution is -2.27. The molecule has 0 radical (unpaired) electrons. The van der Waals surface area contributed by atoms with Crippen LogP contribution in [0.2, 0.25) is 5.02 Å². The molecule has 0 atom stereocenters. The topological polar surface area (TPSA) is 37.8 Å². The van der Waals surface area contributed by atoms with E-state index in [1.807, 2.05) is 0 Å². The number of halogens is 1. The van der Waals surface area contributed by atoms with Gasteiger partial charge >= 0.3 is 0 Å². The Hall–Kier alpha value is -0.830. The van der Waals surface area contributed by atoms with Gasteiger partial charge in [-0.3, -0.25) is 0 Å². The Morgan fingerprint density at radius 3 is 2.92 bits per heavy atom. The van der Waals surface area contributed by atoms with Gasteiger partial charge in [0.1, 0.15) is 17.2 Å². The monoisotopic (exact) mass is 183 g/mol. The van der Waals surface area contributed by atoms with Crippen molar-refractivity contribution in [1.29, 1.82) is 0 Å². The van der Waals surface area contributed by atoms with E-state index in [4.69, 9.17) is 11.6 Å². The second-order valence-corrected chi connectivity index (χ2v) is 3.40. The lowest BCUT2D eigenvalue weighted by molar-refractivity contribution is 0.444. The fourth-order valence-corrected chi connectivity index (χ4v) is 1.32. The quantitative estimate of drug-likeness (QED) is 0.763. The van der Waals surface area contributed by atoms with Crippen molar-refractivity contribution in [1.82, 2.24) is 9.97 Å². The molecule has 0 spiro atoms. The van der Waals surface area contributed by atoms with Gasteiger partial charge in [-0.2, -0.15) is 0 Å². The van der Waals surface area contributed by atoms with Gasteiger partial charge in [0.15, 0.2) is 0 Å². The van der Waals surface area contributed by atoms with Crippen LogP contribution >= 0.6 is 11.6 Å². The first-order valence-electron chi connectivity index (χ1n) is 4.08. The summed E-state index contributed by atoms with van der Waals surface area (Å²) in [6, 6.07) is 0.567. The molecule has 64 valence electrons. The molecule has 4 heteroatoms. The van der Waals surface area contributed by atoms with Crippen molar-refractivity contribution < 1.29 is 0 Å². The van der Waals surface area contributed by atoms with Crippen LogP contribution in [0.25, 0.3) is 0 Å². The summed E-state index contributed by atoms with van der Waals surface area (Å²) >= 11 is 5.86. The molecule has 3 nitrogen and oxygen atoms in total. The number of nitrogens with one attached hydrogen (secondary N) is 1. The third kappa shape index (κ3) is 1.50. The summed E-state index contributed by atoms with van der Waals surface area (Å²) in [5, 5.41) is 3.86. The number of nitrogens with zero attached hydrogens (tertiary/aromatic N) is 2. The molecule has 1 aliphatic rings. The van der Waals surface area contributed by atoms with Gasteiger partial charge in [-0.15, -0.1) is 0 Å². The van der Waals surface area contributed by atoms with Gasteiger partial charge < -0.3 is 5.32 Å². The van der Waals surface area contributed by atoms with E-state index in [0.29, 0.717) is 11.1 Å². The second-order valence-electron chi connectivity index (χ2n) is 2.99. The maximum Gasteiger partial charge on any atom is 0.148 e. The number of hydrogen-bond donors (Lipinski definition) is 1. The number of hydrogen-bond acceptors (Lipinski definition) is 3. The maximum atomic E-state index is 5.86. The van der Waals surface area contributed by atoms with Gasteiger partial charge in [0, 0.05) is 6.04 Å². The molecule has 2 rings (SSSR count). The molecule has 1 N–H and O–H groups in total. The molecule has 1 aromatic rings. The van der Waals surface area contributed by atoms with Crippen molar-refractivity contribution >= 4 is 17.4 Å². The highest BCUT2D eigenvalue weighted by atomic mass is 35.5. The summed E-state index contributed by atoms with van der Waals surface area (Å²) in [5.74, 6) is 0.761. The molecule has 1 saturated carbocycles. The van der Waals surface area contributed by atoms with Crippen molar-refractivity contribution in [2.45, 2.75) is 25.3 Å². The van der Waals surface area contributed by atoms with Gasteiger partial charge in [0.25, 0.3) is 0 Å². The summed E-state index contributed by atoms with van der Waals surface area (Å²) in [5.41, 5.74) is 0. The van der Waals surface area contributed by atoms with E-state index in [1.54, 1.807) is 6.20 Å². The summed E-state index contributed by atoms with van der Waals surface area (Å²) in [6.45, 7) is 0. The summed E-state index contributed by atoms with van der Waals surface area (Å²) in [4.78, 5) is 7.86. The second kappa shape index (κ2) is 3.27. The molecule has 0 aromatic carbocycles. The molecule has 1 fully saturated rings. The van der Waals surface area contributed by atoms with Gasteiger partial charge in [0.05, 0.1) is 6.20 Å². The van der Waals surface area contributed by atoms with E-state index >= 15 is 0 Å². The van der Waals surface area contributed by atoms with Gasteiger partial charge in [-0.05, 0) is 19.3 Å². The van der Waals surface area contributed by atoms with Crippen LogP contribution < -0.4 is 5.32 Å². The number of anilines is 1. The van der Waals surface area contributed by atoms with E-state index in [-0.39, 0.29) is 0 Å². The van der Waals surface area contributed by atoms with E-state index in [1.165, 1.54) is 25.6 Å². The van der Waals surface area contributed by atoms with Crippen molar-refractivity contribution in [3.63, 3.8) is 0 Å². The zero-order valence-corrected chi connectivity index (χ0v) is 7.38. The minimum Gasteiger partial charge on any atom is -0.366 e. The number of aromatic nitrogens is 2. The zero-order valence-electron chi connectivity index (χ0n) is 6.63. The summed E-state index contributed by atoms with van der Waals surface area (Å²) < 4.78 is 0. The van der Waals surface area contributed by atoms with Gasteiger partial charge in [-0.1, -0.05) is 11.6 Å². The Labute approximate surface area is 76.2 Å². The minimum absolute atomic E-state index is 0.567. The molecule has 0 amide bonds. The van der Waals surface area contributed by atoms with Gasteiger partial charge in [0.2, 0.25) is 0 Å². The van der Waals surface area contributed by atoms with Crippen LogP contribution in [0.5, 0.6) is 0 Å². The SMILES string of the molecule is Clc1cncnc1NC1CCC1. The lowest BCUT2D eigenvalue weighted by atomic mass is 9.93. The minimum atomic E-state index is 0.567. The number of rotatable bonds is 2. The molecule has 0 unspecified atom stereocenters. The average molecular weight is 184 g/mol. The third-order valence-corrected chi connectivity index (χ3v) is 2.39. The van der Waals surface area contributed by atoms with Crippen LogP contribution in [-0.4, -0.2) is 16.0 Å². The van der Waals surface area contributed by atoms with Crippen molar-refractivity contribution in [2.24, 2.45) is 0 Å². The molecule has 0 bridgehead atoms. The van der Waals surface area contributed by atoms with Crippen LogP contribution in [0.4, 0.5) is 5.82 Å². The average Bonchev–Trinajstić information content (AvgIpc) is 2.00. The van der Waals surface area contributed by atoms with E-state index in [0.717, 1.165) is 5.82 Å². The Kier molecular flexibility index (Phi) is 2.13. The molecule has 1 aromatic heterocycles. The van der Waals surface area contributed by atoms with E-state index < -0.39 is 0 Å². The highest BCUT2D eigenvalue weighted by Gasteiger charge is 2.18. The standard InChI is InChI=1S/C8H10ClN3/c9-7-4-10-5-11-8(7)12-6-2-1-3-6/h4-6H,1-3H2,(H,10,11,12). The third-order valence-electron chi connectivity index (χ3n) is 2.11. The van der Waals surface area contributed by atoms with E-state index in [9.17, 15) is 0 Å². The highest BCUT2D eigenvalue weighted by molar-refractivity contribution is 6.32. The van der Waals surface area contributed by atoms with Crippen LogP contribution in [0.1, 0.15) is 19.3 Å². The first kappa shape index (κ1) is 7.80. The fourth-order valence-electron chi connectivity index (χ4n) is 1.16. The summed E-state index contributed by atoms with van der Waals surface area (Å²) in [6.07, 6.45) is 6.86. The normalized spacial score (nSPS) is 17.1. The predicted molar refractivity (Wildman–Crippen MR) is 48.3 cm³/mol. The van der Waals surface area contributed by atoms with Crippen LogP contribution in [0.3, 0.4) is 0 Å². The van der Waals surface area contributed by atoms with E-state index in [2.05, 4.69) is 15.3 Å². The fraction of sp³-hybridized carbons (Fsp3) is 0.500. The van der Waals surface area contributed by atoms with Gasteiger partial charge in [-0.25, -0.2) is 9.97 Å². The van der Waals surface area contributed by atoms with Crippen molar-refractivity contribution in [3.05, 3.63) is 17.5 Å². The van der Waals surface area contributed by atoms with Crippen LogP contribution in [0, 0.1) is 0 Å². The first-order chi connectivity index (χ1) is 5.86. The smallest absolute Gasteiger partial charge is 0.148 e. The Morgan fingerprint density at radius 1 is 1.50 bits per heavy atom. The summed E-state index contributed by atoms with van der Waals surface area (Å²) in [7, 11) is 0. The molecule has 12 heavy (non-hydrogen) atoms. The van der Waals surface area contributed by atoms with Crippen LogP contribution in [0.15, 0.2) is 12.5 Å². The Morgan fingerprint density at radius 2 is 2.33 bits per heavy atom. The van der Waals surface area contributed by atoms with Crippen LogP contribution in [-0.2, 0) is 0 Å².